The van der Waals surface area contributed by atoms with Gasteiger partial charge in [-0.3, -0.25) is 0 Å². The summed E-state index contributed by atoms with van der Waals surface area (Å²) >= 11 is 0. The molecule has 13 aromatic rings. The molecular formula is C67H44N2O. The largest absolute Gasteiger partial charge is 0.455 e. The van der Waals surface area contributed by atoms with E-state index in [-0.39, 0.29) is 0 Å². The van der Waals surface area contributed by atoms with Crippen molar-refractivity contribution in [2.45, 2.75) is 5.41 Å². The van der Waals surface area contributed by atoms with Crippen molar-refractivity contribution in [2.75, 3.05) is 4.90 Å². The number of fused-ring (bicyclic) bond motifs is 9. The third-order valence-electron chi connectivity index (χ3n) is 14.7. The molecule has 0 saturated carbocycles. The number of aromatic nitrogens is 1. The number of para-hydroxylation sites is 4. The molecule has 1 aliphatic rings. The quantitative estimate of drug-likeness (QED) is 0.152. The normalized spacial score (nSPS) is 12.7. The van der Waals surface area contributed by atoms with Gasteiger partial charge in [0.15, 0.2) is 0 Å². The maximum absolute atomic E-state index is 6.50. The predicted molar refractivity (Wildman–Crippen MR) is 291 cm³/mol. The Kier molecular flexibility index (Phi) is 9.11. The van der Waals surface area contributed by atoms with E-state index in [2.05, 4.69) is 264 Å². The minimum absolute atomic E-state index is 0.445. The van der Waals surface area contributed by atoms with Crippen LogP contribution in [0, 0.1) is 0 Å². The molecular weight excluding hydrogens is 849 g/mol. The maximum atomic E-state index is 6.50. The molecule has 0 unspecified atom stereocenters. The molecule has 11 aromatic carbocycles. The molecule has 3 heteroatoms. The molecule has 0 atom stereocenters. The van der Waals surface area contributed by atoms with Crippen LogP contribution in [0.4, 0.5) is 17.1 Å². The van der Waals surface area contributed by atoms with Gasteiger partial charge in [0.1, 0.15) is 11.2 Å². The van der Waals surface area contributed by atoms with Crippen molar-refractivity contribution in [3.05, 3.63) is 289 Å². The van der Waals surface area contributed by atoms with Crippen molar-refractivity contribution >= 4 is 60.8 Å². The van der Waals surface area contributed by atoms with Gasteiger partial charge in [0.25, 0.3) is 0 Å². The number of nitrogens with zero attached hydrogens (tertiary/aromatic N) is 2. The van der Waals surface area contributed by atoms with Gasteiger partial charge >= 0.3 is 0 Å². The van der Waals surface area contributed by atoms with E-state index < -0.39 is 5.41 Å². The van der Waals surface area contributed by atoms with E-state index in [0.29, 0.717) is 0 Å². The summed E-state index contributed by atoms with van der Waals surface area (Å²) in [6.45, 7) is 0. The molecule has 0 spiro atoms. The highest BCUT2D eigenvalue weighted by Crippen LogP contribution is 2.57. The summed E-state index contributed by atoms with van der Waals surface area (Å²) in [4.78, 5) is 2.38. The summed E-state index contributed by atoms with van der Waals surface area (Å²) in [7, 11) is 0. The predicted octanol–water partition coefficient (Wildman–Crippen LogP) is 17.8. The highest BCUT2D eigenvalue weighted by atomic mass is 16.3. The van der Waals surface area contributed by atoms with Gasteiger partial charge in [-0.25, -0.2) is 0 Å². The third-order valence-corrected chi connectivity index (χ3v) is 14.7. The molecule has 2 heterocycles. The maximum Gasteiger partial charge on any atom is 0.143 e. The van der Waals surface area contributed by atoms with E-state index >= 15 is 0 Å². The van der Waals surface area contributed by atoms with Crippen LogP contribution in [-0.2, 0) is 5.41 Å². The molecule has 14 rings (SSSR count). The number of hydrogen-bond donors (Lipinski definition) is 0. The number of anilines is 3. The fourth-order valence-electron chi connectivity index (χ4n) is 11.6. The first-order valence-corrected chi connectivity index (χ1v) is 24.1. The Morgan fingerprint density at radius 1 is 0.329 bits per heavy atom. The Hall–Kier alpha value is -9.18. The lowest BCUT2D eigenvalue weighted by Crippen LogP contribution is -2.28. The molecule has 0 aliphatic heterocycles. The molecule has 0 N–H and O–H groups in total. The lowest BCUT2D eigenvalue weighted by atomic mass is 9.67. The summed E-state index contributed by atoms with van der Waals surface area (Å²) in [5.74, 6) is 0. The first kappa shape index (κ1) is 39.9. The van der Waals surface area contributed by atoms with E-state index in [1.165, 1.54) is 60.8 Å². The zero-order chi connectivity index (χ0) is 46.2. The van der Waals surface area contributed by atoms with Gasteiger partial charge in [-0.2, -0.15) is 0 Å². The summed E-state index contributed by atoms with van der Waals surface area (Å²) in [5, 5.41) is 4.75. The van der Waals surface area contributed by atoms with Crippen LogP contribution in [0.25, 0.3) is 82.8 Å². The second-order valence-electron chi connectivity index (χ2n) is 18.4. The second-order valence-corrected chi connectivity index (χ2v) is 18.4. The lowest BCUT2D eigenvalue weighted by molar-refractivity contribution is 0.670. The highest BCUT2D eigenvalue weighted by molar-refractivity contribution is 6.10. The van der Waals surface area contributed by atoms with Gasteiger partial charge in [0.05, 0.1) is 16.4 Å². The molecule has 0 fully saturated rings. The van der Waals surface area contributed by atoms with E-state index in [1.807, 2.05) is 12.1 Å². The third kappa shape index (κ3) is 6.08. The van der Waals surface area contributed by atoms with Crippen LogP contribution in [-0.4, -0.2) is 4.57 Å². The van der Waals surface area contributed by atoms with Crippen LogP contribution in [0.5, 0.6) is 0 Å². The van der Waals surface area contributed by atoms with Crippen LogP contribution in [0.15, 0.2) is 271 Å². The standard InChI is InChI=1S/C67H44N2O/c1-3-18-48(19-4-1)67(49-20-5-2-6-21-49)61-29-11-7-23-55(61)60-44-47(35-42-62(60)67)46-17-15-22-53(43-46)68(50-36-33-45(34-37-50)54-27-16-28-59-58-26-10-14-32-65(58)70-66(54)59)51-38-40-52(41-39-51)69-63-30-12-8-24-56(63)57-25-9-13-31-64(57)69/h1-44H. The average molecular weight is 893 g/mol. The Morgan fingerprint density at radius 2 is 0.857 bits per heavy atom. The summed E-state index contributed by atoms with van der Waals surface area (Å²) < 4.78 is 8.87. The van der Waals surface area contributed by atoms with Gasteiger partial charge in [0, 0.05) is 49.9 Å². The summed E-state index contributed by atoms with van der Waals surface area (Å²) in [5.41, 5.74) is 20.2. The number of hydrogen-bond acceptors (Lipinski definition) is 2. The number of rotatable bonds is 8. The van der Waals surface area contributed by atoms with Gasteiger partial charge in [-0.1, -0.05) is 194 Å². The molecule has 0 bridgehead atoms. The fourth-order valence-corrected chi connectivity index (χ4v) is 11.6. The van der Waals surface area contributed by atoms with Gasteiger partial charge < -0.3 is 13.9 Å². The molecule has 2 aromatic heterocycles. The zero-order valence-electron chi connectivity index (χ0n) is 38.2. The van der Waals surface area contributed by atoms with Gasteiger partial charge in [-0.05, 0) is 123 Å². The minimum Gasteiger partial charge on any atom is -0.455 e. The van der Waals surface area contributed by atoms with Crippen LogP contribution < -0.4 is 4.90 Å². The number of benzene rings is 11. The first-order valence-electron chi connectivity index (χ1n) is 24.1. The van der Waals surface area contributed by atoms with E-state index in [4.69, 9.17) is 4.42 Å². The van der Waals surface area contributed by atoms with Crippen LogP contribution >= 0.6 is 0 Å². The zero-order valence-corrected chi connectivity index (χ0v) is 38.2. The first-order chi connectivity index (χ1) is 34.7. The van der Waals surface area contributed by atoms with Crippen LogP contribution in [0.1, 0.15) is 22.3 Å². The molecule has 3 nitrogen and oxygen atoms in total. The smallest absolute Gasteiger partial charge is 0.143 e. The van der Waals surface area contributed by atoms with Gasteiger partial charge in [0.2, 0.25) is 0 Å². The van der Waals surface area contributed by atoms with E-state index in [1.54, 1.807) is 0 Å². The number of furan rings is 1. The van der Waals surface area contributed by atoms with E-state index in [0.717, 1.165) is 61.4 Å². The monoisotopic (exact) mass is 892 g/mol. The fraction of sp³-hybridized carbons (Fsp3) is 0.0149. The van der Waals surface area contributed by atoms with Crippen molar-refractivity contribution in [1.29, 1.82) is 0 Å². The molecule has 0 saturated heterocycles. The molecule has 70 heavy (non-hydrogen) atoms. The van der Waals surface area contributed by atoms with Crippen molar-refractivity contribution in [1.82, 2.24) is 4.57 Å². The Morgan fingerprint density at radius 3 is 1.57 bits per heavy atom. The second kappa shape index (κ2) is 16.0. The van der Waals surface area contributed by atoms with Crippen molar-refractivity contribution in [3.63, 3.8) is 0 Å². The summed E-state index contributed by atoms with van der Waals surface area (Å²) in [6, 6.07) is 97.2. The lowest BCUT2D eigenvalue weighted by Gasteiger charge is -2.33. The Bertz CT molecular complexity index is 4020. The topological polar surface area (TPSA) is 21.3 Å². The highest BCUT2D eigenvalue weighted by Gasteiger charge is 2.46. The van der Waals surface area contributed by atoms with Crippen molar-refractivity contribution in [2.24, 2.45) is 0 Å². The van der Waals surface area contributed by atoms with E-state index in [9.17, 15) is 0 Å². The molecule has 0 radical (unpaired) electrons. The molecule has 0 amide bonds. The molecule has 328 valence electrons. The summed E-state index contributed by atoms with van der Waals surface area (Å²) in [6.07, 6.45) is 0. The molecule has 1 aliphatic carbocycles. The van der Waals surface area contributed by atoms with Crippen LogP contribution in [0.3, 0.4) is 0 Å². The Labute approximate surface area is 406 Å². The van der Waals surface area contributed by atoms with Crippen molar-refractivity contribution < 1.29 is 4.42 Å². The SMILES string of the molecule is c1ccc(C2(c3ccccc3)c3ccccc3-c3cc(-c4cccc(N(c5ccc(-c6cccc7c6oc6ccccc67)cc5)c5ccc(-n6c7ccccc7c7ccccc76)cc5)c4)ccc32)cc1. The average Bonchev–Trinajstić information content (AvgIpc) is 4.09. The Balaban J connectivity index is 0.904. The van der Waals surface area contributed by atoms with Gasteiger partial charge in [-0.15, -0.1) is 0 Å². The minimum atomic E-state index is -0.445. The van der Waals surface area contributed by atoms with Crippen LogP contribution in [0.2, 0.25) is 0 Å². The van der Waals surface area contributed by atoms with Crippen molar-refractivity contribution in [3.8, 4) is 39.1 Å².